The molecule has 186 valence electrons. The van der Waals surface area contributed by atoms with Gasteiger partial charge in [0.1, 0.15) is 10.1 Å². The van der Waals surface area contributed by atoms with Crippen LogP contribution in [0.4, 0.5) is 0 Å². The molecule has 9 heteroatoms. The Morgan fingerprint density at radius 1 is 1.24 bits per heavy atom. The monoisotopic (exact) mass is 520 g/mol. The molecule has 3 rings (SSSR count). The zero-order chi connectivity index (χ0) is 24.6. The number of ether oxygens (including phenoxy) is 1. The number of carbonyl (C=O) groups is 1. The van der Waals surface area contributed by atoms with Crippen molar-refractivity contribution in [3.05, 3.63) is 28.8 Å². The minimum absolute atomic E-state index is 0. The van der Waals surface area contributed by atoms with Crippen LogP contribution in [0.2, 0.25) is 0 Å². The fourth-order valence-corrected chi connectivity index (χ4v) is 7.20. The standard InChI is InChI=1S/C25H38O6S2.Na/c1-16(2)17-13-18-19(14-21(17)33(28,29)30)24(3)9-8-10-25(4,23(26)27)22(24)15-20(18)31-11-6-5-7-12-32;/h13-14,16,20,22,32H,5-12,15H2,1-4H3,(H,26,27)(H,28,29,30);/q;+1/p-1/t20?,22-,24-,25-;/m1./s1. The second-order valence-corrected chi connectivity index (χ2v) is 12.3. The summed E-state index contributed by atoms with van der Waals surface area (Å²) >= 11 is 4.25. The van der Waals surface area contributed by atoms with Crippen molar-refractivity contribution in [3.8, 4) is 0 Å². The zero-order valence-corrected chi connectivity index (χ0v) is 24.8. The number of fused-ring (bicyclic) bond motifs is 3. The Morgan fingerprint density at radius 2 is 1.91 bits per heavy atom. The van der Waals surface area contributed by atoms with E-state index in [0.717, 1.165) is 49.0 Å². The molecule has 1 N–H and O–H groups in total. The van der Waals surface area contributed by atoms with E-state index < -0.39 is 26.9 Å². The number of benzene rings is 1. The van der Waals surface area contributed by atoms with Gasteiger partial charge in [0.2, 0.25) is 0 Å². The summed E-state index contributed by atoms with van der Waals surface area (Å²) in [6.07, 6.45) is 5.19. The third-order valence-electron chi connectivity index (χ3n) is 8.03. The van der Waals surface area contributed by atoms with Crippen molar-refractivity contribution < 1.29 is 57.2 Å². The van der Waals surface area contributed by atoms with Crippen molar-refractivity contribution in [1.29, 1.82) is 0 Å². The van der Waals surface area contributed by atoms with Gasteiger partial charge in [-0.15, -0.1) is 0 Å². The summed E-state index contributed by atoms with van der Waals surface area (Å²) in [5, 5.41) is 10.2. The first-order valence-electron chi connectivity index (χ1n) is 12.0. The molecule has 1 saturated carbocycles. The van der Waals surface area contributed by atoms with Crippen molar-refractivity contribution in [2.75, 3.05) is 12.4 Å². The summed E-state index contributed by atoms with van der Waals surface area (Å²) in [5.41, 5.74) is 0.706. The minimum Gasteiger partial charge on any atom is -0.744 e. The van der Waals surface area contributed by atoms with Crippen LogP contribution in [0, 0.1) is 11.3 Å². The van der Waals surface area contributed by atoms with Crippen LogP contribution < -0.4 is 29.6 Å². The molecule has 34 heavy (non-hydrogen) atoms. The first-order chi connectivity index (χ1) is 15.4. The number of unbranched alkanes of at least 4 members (excludes halogenated alkanes) is 2. The van der Waals surface area contributed by atoms with Gasteiger partial charge >= 0.3 is 35.5 Å². The van der Waals surface area contributed by atoms with Crippen LogP contribution in [0.15, 0.2) is 17.0 Å². The average Bonchev–Trinajstić information content (AvgIpc) is 2.72. The Hall–Kier alpha value is -0.0900. The predicted molar refractivity (Wildman–Crippen MR) is 130 cm³/mol. The third-order valence-corrected chi connectivity index (χ3v) is 9.23. The molecular formula is C25H37NaO6S2. The quantitative estimate of drug-likeness (QED) is 0.224. The summed E-state index contributed by atoms with van der Waals surface area (Å²) in [6, 6.07) is 3.39. The molecule has 0 bridgehead atoms. The molecule has 0 heterocycles. The topological polar surface area (TPSA) is 104 Å². The summed E-state index contributed by atoms with van der Waals surface area (Å²) < 4.78 is 43.0. The van der Waals surface area contributed by atoms with Gasteiger partial charge in [-0.3, -0.25) is 4.79 Å². The van der Waals surface area contributed by atoms with Crippen LogP contribution in [-0.2, 0) is 25.1 Å². The largest absolute Gasteiger partial charge is 1.00 e. The fourth-order valence-electron chi connectivity index (χ4n) is 6.13. The molecule has 2 aliphatic rings. The second-order valence-electron chi connectivity index (χ2n) is 10.5. The van der Waals surface area contributed by atoms with Crippen molar-refractivity contribution in [2.24, 2.45) is 11.3 Å². The molecule has 1 unspecified atom stereocenters. The van der Waals surface area contributed by atoms with Crippen molar-refractivity contribution in [3.63, 3.8) is 0 Å². The maximum Gasteiger partial charge on any atom is 1.00 e. The zero-order valence-electron chi connectivity index (χ0n) is 21.1. The van der Waals surface area contributed by atoms with Crippen LogP contribution >= 0.6 is 12.6 Å². The Kier molecular flexibility index (Phi) is 10.2. The van der Waals surface area contributed by atoms with Crippen LogP contribution in [0.5, 0.6) is 0 Å². The van der Waals surface area contributed by atoms with E-state index in [0.29, 0.717) is 25.0 Å². The van der Waals surface area contributed by atoms with E-state index in [2.05, 4.69) is 12.6 Å². The Morgan fingerprint density at radius 3 is 2.47 bits per heavy atom. The minimum atomic E-state index is -4.68. The molecule has 4 atom stereocenters. The summed E-state index contributed by atoms with van der Waals surface area (Å²) in [5.74, 6) is -0.372. The molecule has 0 spiro atoms. The van der Waals surface area contributed by atoms with Crippen LogP contribution in [0.1, 0.15) is 101 Å². The van der Waals surface area contributed by atoms with Crippen LogP contribution in [-0.4, -0.2) is 36.4 Å². The number of hydrogen-bond donors (Lipinski definition) is 2. The Labute approximate surface area is 232 Å². The van der Waals surface area contributed by atoms with Gasteiger partial charge in [-0.1, -0.05) is 39.7 Å². The summed E-state index contributed by atoms with van der Waals surface area (Å²) in [4.78, 5) is 12.2. The van der Waals surface area contributed by atoms with E-state index in [4.69, 9.17) is 4.74 Å². The molecule has 1 fully saturated rings. The molecule has 0 amide bonds. The molecule has 0 saturated heterocycles. The van der Waals surface area contributed by atoms with Gasteiger partial charge in [0, 0.05) is 6.61 Å². The predicted octanol–water partition coefficient (Wildman–Crippen LogP) is 2.43. The van der Waals surface area contributed by atoms with Crippen LogP contribution in [0.25, 0.3) is 0 Å². The third kappa shape index (κ3) is 5.74. The smallest absolute Gasteiger partial charge is 0.744 e. The van der Waals surface area contributed by atoms with Crippen molar-refractivity contribution in [1.82, 2.24) is 0 Å². The number of carboxylic acid groups (broad SMARTS) is 1. The van der Waals surface area contributed by atoms with Gasteiger partial charge in [0.05, 0.1) is 16.4 Å². The maximum atomic E-state index is 12.4. The van der Waals surface area contributed by atoms with Gasteiger partial charge in [-0.2, -0.15) is 12.6 Å². The second kappa shape index (κ2) is 11.5. The molecule has 0 aliphatic heterocycles. The number of thiol groups is 1. The van der Waals surface area contributed by atoms with Gasteiger partial charge < -0.3 is 14.4 Å². The SMILES string of the molecule is CC(C)c1cc2c(cc1S(=O)(=O)[O-])[C@@]1(C)CCC[C@@](C)(C(=O)O)[C@@H]1CC2OCCCCCS.[Na+]. The fraction of sp³-hybridized carbons (Fsp3) is 0.720. The van der Waals surface area contributed by atoms with E-state index in [1.165, 1.54) is 0 Å². The first-order valence-corrected chi connectivity index (χ1v) is 14.0. The molecule has 0 radical (unpaired) electrons. The van der Waals surface area contributed by atoms with Gasteiger partial charge in [0.25, 0.3) is 0 Å². The van der Waals surface area contributed by atoms with Crippen LogP contribution in [0.3, 0.4) is 0 Å². The molecule has 1 aromatic carbocycles. The van der Waals surface area contributed by atoms with Crippen molar-refractivity contribution in [2.45, 2.75) is 95.0 Å². The molecule has 0 aromatic heterocycles. The van der Waals surface area contributed by atoms with E-state index in [1.807, 2.05) is 26.8 Å². The summed E-state index contributed by atoms with van der Waals surface area (Å²) in [7, 11) is -4.68. The number of aliphatic carboxylic acids is 1. The van der Waals surface area contributed by atoms with Gasteiger partial charge in [0.15, 0.2) is 0 Å². The van der Waals surface area contributed by atoms with E-state index in [9.17, 15) is 22.9 Å². The van der Waals surface area contributed by atoms with E-state index >= 15 is 0 Å². The number of carboxylic acids is 1. The normalized spacial score (nSPS) is 28.7. The molecule has 2 aliphatic carbocycles. The Bertz CT molecular complexity index is 995. The average molecular weight is 521 g/mol. The van der Waals surface area contributed by atoms with Gasteiger partial charge in [-0.05, 0) is 84.8 Å². The number of hydrogen-bond acceptors (Lipinski definition) is 6. The maximum absolute atomic E-state index is 12.4. The Balaban J connectivity index is 0.00000408. The van der Waals surface area contributed by atoms with Crippen molar-refractivity contribution >= 4 is 28.7 Å². The number of rotatable bonds is 9. The first kappa shape index (κ1) is 30.1. The molecule has 1 aromatic rings. The molecular weight excluding hydrogens is 483 g/mol. The van der Waals surface area contributed by atoms with E-state index in [1.54, 1.807) is 13.0 Å². The summed E-state index contributed by atoms with van der Waals surface area (Å²) in [6.45, 7) is 8.14. The molecule has 6 nitrogen and oxygen atoms in total. The van der Waals surface area contributed by atoms with Gasteiger partial charge in [-0.25, -0.2) is 8.42 Å². The van der Waals surface area contributed by atoms with E-state index in [-0.39, 0.29) is 52.4 Å².